The minimum absolute atomic E-state index is 0.143. The van der Waals surface area contributed by atoms with Crippen LogP contribution in [0, 0.1) is 0 Å². The van der Waals surface area contributed by atoms with E-state index in [0.29, 0.717) is 37.7 Å². The molecule has 2 aromatic rings. The Balaban J connectivity index is 1.58. The zero-order chi connectivity index (χ0) is 20.7. The summed E-state index contributed by atoms with van der Waals surface area (Å²) < 4.78 is 15.7. The number of anilines is 1. The van der Waals surface area contributed by atoms with Gasteiger partial charge in [0, 0.05) is 31.7 Å². The monoisotopic (exact) mass is 399 g/mol. The van der Waals surface area contributed by atoms with Crippen molar-refractivity contribution in [1.29, 1.82) is 0 Å². The minimum atomic E-state index is -0.264. The van der Waals surface area contributed by atoms with Crippen LogP contribution in [0.3, 0.4) is 0 Å². The summed E-state index contributed by atoms with van der Waals surface area (Å²) in [7, 11) is 1.61. The molecule has 0 fully saturated rings. The third kappa shape index (κ3) is 9.76. The van der Waals surface area contributed by atoms with Gasteiger partial charge in [-0.3, -0.25) is 9.59 Å². The van der Waals surface area contributed by atoms with E-state index in [9.17, 15) is 9.59 Å². The number of hydrogen-bond acceptors (Lipinski definition) is 5. The summed E-state index contributed by atoms with van der Waals surface area (Å²) in [4.78, 5) is 23.8. The van der Waals surface area contributed by atoms with Gasteiger partial charge in [0.2, 0.25) is 5.91 Å². The first-order valence-electron chi connectivity index (χ1n) is 9.88. The lowest BCUT2D eigenvalue weighted by molar-refractivity contribution is -0.143. The number of hydrogen-bond donors (Lipinski definition) is 1. The molecule has 0 aromatic heterocycles. The predicted octanol–water partition coefficient (Wildman–Crippen LogP) is 4.00. The molecule has 0 bridgehead atoms. The first-order chi connectivity index (χ1) is 14.2. The molecule has 0 saturated carbocycles. The molecular formula is C23H29NO5. The van der Waals surface area contributed by atoms with Crippen LogP contribution in [0.5, 0.6) is 5.75 Å². The van der Waals surface area contributed by atoms with E-state index in [1.807, 2.05) is 30.3 Å². The molecule has 0 radical (unpaired) electrons. The summed E-state index contributed by atoms with van der Waals surface area (Å²) in [5.74, 6) is 0.259. The largest absolute Gasteiger partial charge is 0.491 e. The van der Waals surface area contributed by atoms with Crippen molar-refractivity contribution >= 4 is 17.6 Å². The number of aryl methyl sites for hydroxylation is 1. The van der Waals surface area contributed by atoms with Gasteiger partial charge in [-0.2, -0.15) is 0 Å². The summed E-state index contributed by atoms with van der Waals surface area (Å²) in [6.07, 6.45) is 2.62. The SMILES string of the molecule is COCCOc1cccc(NC(=O)CCCC(=O)OCCCc2ccccc2)c1. The van der Waals surface area contributed by atoms with Crippen molar-refractivity contribution in [1.82, 2.24) is 0 Å². The summed E-state index contributed by atoms with van der Waals surface area (Å²) in [5.41, 5.74) is 1.89. The van der Waals surface area contributed by atoms with Crippen LogP contribution in [0.2, 0.25) is 0 Å². The van der Waals surface area contributed by atoms with Crippen LogP contribution in [-0.2, 0) is 25.5 Å². The highest BCUT2D eigenvalue weighted by molar-refractivity contribution is 5.91. The van der Waals surface area contributed by atoms with Crippen molar-refractivity contribution in [2.45, 2.75) is 32.1 Å². The highest BCUT2D eigenvalue weighted by Gasteiger charge is 2.07. The number of benzene rings is 2. The Bertz CT molecular complexity index is 748. The number of rotatable bonds is 13. The molecule has 0 unspecified atom stereocenters. The molecule has 0 atom stereocenters. The highest BCUT2D eigenvalue weighted by Crippen LogP contribution is 2.17. The number of nitrogens with one attached hydrogen (secondary N) is 1. The van der Waals surface area contributed by atoms with Gasteiger partial charge < -0.3 is 19.5 Å². The van der Waals surface area contributed by atoms with Crippen LogP contribution < -0.4 is 10.1 Å². The Labute approximate surface area is 172 Å². The van der Waals surface area contributed by atoms with Gasteiger partial charge in [0.25, 0.3) is 0 Å². The zero-order valence-corrected chi connectivity index (χ0v) is 16.9. The number of carbonyl (C=O) groups is 2. The number of carbonyl (C=O) groups excluding carboxylic acids is 2. The second kappa shape index (κ2) is 13.3. The van der Waals surface area contributed by atoms with Crippen molar-refractivity contribution in [3.05, 3.63) is 60.2 Å². The third-order valence-corrected chi connectivity index (χ3v) is 4.17. The number of ether oxygens (including phenoxy) is 3. The summed E-state index contributed by atoms with van der Waals surface area (Å²) in [6, 6.07) is 17.3. The fraction of sp³-hybridized carbons (Fsp3) is 0.391. The molecule has 29 heavy (non-hydrogen) atoms. The van der Waals surface area contributed by atoms with Crippen LogP contribution >= 0.6 is 0 Å². The van der Waals surface area contributed by atoms with Gasteiger partial charge in [-0.1, -0.05) is 36.4 Å². The first kappa shape index (κ1) is 22.4. The van der Waals surface area contributed by atoms with Gasteiger partial charge in [-0.25, -0.2) is 0 Å². The van der Waals surface area contributed by atoms with Crippen molar-refractivity contribution in [2.24, 2.45) is 0 Å². The van der Waals surface area contributed by atoms with Gasteiger partial charge >= 0.3 is 5.97 Å². The second-order valence-corrected chi connectivity index (χ2v) is 6.58. The molecule has 156 valence electrons. The van der Waals surface area contributed by atoms with E-state index in [1.165, 1.54) is 5.56 Å². The maximum atomic E-state index is 12.1. The molecule has 6 nitrogen and oxygen atoms in total. The van der Waals surface area contributed by atoms with Crippen LogP contribution in [0.25, 0.3) is 0 Å². The van der Waals surface area contributed by atoms with Gasteiger partial charge in [-0.15, -0.1) is 0 Å². The Morgan fingerprint density at radius 3 is 2.52 bits per heavy atom. The van der Waals surface area contributed by atoms with Gasteiger partial charge in [0.1, 0.15) is 12.4 Å². The van der Waals surface area contributed by atoms with Crippen LogP contribution in [-0.4, -0.2) is 38.8 Å². The van der Waals surface area contributed by atoms with Crippen LogP contribution in [0.1, 0.15) is 31.2 Å². The molecule has 2 aromatic carbocycles. The van der Waals surface area contributed by atoms with E-state index >= 15 is 0 Å². The molecular weight excluding hydrogens is 370 g/mol. The molecule has 0 aliphatic rings. The zero-order valence-electron chi connectivity index (χ0n) is 16.9. The van der Waals surface area contributed by atoms with E-state index in [1.54, 1.807) is 19.2 Å². The summed E-state index contributed by atoms with van der Waals surface area (Å²) >= 11 is 0. The van der Waals surface area contributed by atoms with Crippen LogP contribution in [0.4, 0.5) is 5.69 Å². The molecule has 1 N–H and O–H groups in total. The van der Waals surface area contributed by atoms with Crippen molar-refractivity contribution in [2.75, 3.05) is 32.2 Å². The Hall–Kier alpha value is -2.86. The maximum Gasteiger partial charge on any atom is 0.305 e. The number of amides is 1. The van der Waals surface area contributed by atoms with Crippen molar-refractivity contribution in [3.63, 3.8) is 0 Å². The van der Waals surface area contributed by atoms with E-state index < -0.39 is 0 Å². The summed E-state index contributed by atoms with van der Waals surface area (Å²) in [5, 5.41) is 2.81. The molecule has 2 rings (SSSR count). The quantitative estimate of drug-likeness (QED) is 0.407. The lowest BCUT2D eigenvalue weighted by Gasteiger charge is -2.09. The van der Waals surface area contributed by atoms with Gasteiger partial charge in [-0.05, 0) is 37.0 Å². The maximum absolute atomic E-state index is 12.1. The molecule has 1 amide bonds. The fourth-order valence-electron chi connectivity index (χ4n) is 2.70. The smallest absolute Gasteiger partial charge is 0.305 e. The molecule has 0 aliphatic heterocycles. The number of methoxy groups -OCH3 is 1. The minimum Gasteiger partial charge on any atom is -0.491 e. The fourth-order valence-corrected chi connectivity index (χ4v) is 2.70. The van der Waals surface area contributed by atoms with E-state index in [4.69, 9.17) is 14.2 Å². The van der Waals surface area contributed by atoms with E-state index in [0.717, 1.165) is 12.8 Å². The van der Waals surface area contributed by atoms with E-state index in [2.05, 4.69) is 17.4 Å². The standard InChI is InChI=1S/C23H29NO5/c1-27-16-17-28-21-12-5-11-20(18-21)24-22(25)13-6-14-23(26)29-15-7-10-19-8-3-2-4-9-19/h2-5,8-9,11-12,18H,6-7,10,13-17H2,1H3,(H,24,25). The highest BCUT2D eigenvalue weighted by atomic mass is 16.5. The number of esters is 1. The molecule has 0 heterocycles. The Kier molecular flexibility index (Phi) is 10.3. The van der Waals surface area contributed by atoms with Crippen molar-refractivity contribution < 1.29 is 23.8 Å². The topological polar surface area (TPSA) is 73.9 Å². The third-order valence-electron chi connectivity index (χ3n) is 4.17. The van der Waals surface area contributed by atoms with Crippen molar-refractivity contribution in [3.8, 4) is 5.75 Å². The van der Waals surface area contributed by atoms with E-state index in [-0.39, 0.29) is 24.7 Å². The summed E-state index contributed by atoms with van der Waals surface area (Å²) in [6.45, 7) is 1.34. The normalized spacial score (nSPS) is 10.4. The molecule has 0 saturated heterocycles. The average molecular weight is 399 g/mol. The van der Waals surface area contributed by atoms with Gasteiger partial charge in [0.05, 0.1) is 13.2 Å². The predicted molar refractivity (Wildman–Crippen MR) is 112 cm³/mol. The Morgan fingerprint density at radius 2 is 1.72 bits per heavy atom. The average Bonchev–Trinajstić information content (AvgIpc) is 2.72. The molecule has 0 aliphatic carbocycles. The lowest BCUT2D eigenvalue weighted by atomic mass is 10.1. The second-order valence-electron chi connectivity index (χ2n) is 6.58. The lowest BCUT2D eigenvalue weighted by Crippen LogP contribution is -2.13. The molecule has 6 heteroatoms. The Morgan fingerprint density at radius 1 is 0.897 bits per heavy atom. The molecule has 0 spiro atoms. The van der Waals surface area contributed by atoms with Crippen LogP contribution in [0.15, 0.2) is 54.6 Å². The van der Waals surface area contributed by atoms with Gasteiger partial charge in [0.15, 0.2) is 0 Å². The first-order valence-corrected chi connectivity index (χ1v) is 9.88.